The summed E-state index contributed by atoms with van der Waals surface area (Å²) in [5, 5.41) is 2.86. The van der Waals surface area contributed by atoms with Crippen LogP contribution in [-0.2, 0) is 0 Å². The molecule has 2 rings (SSSR count). The van der Waals surface area contributed by atoms with Crippen LogP contribution in [0.5, 0.6) is 5.88 Å². The van der Waals surface area contributed by atoms with Gasteiger partial charge in [-0.15, -0.1) is 0 Å². The number of carbonyl (C=O) groups excluding carboxylic acids is 1. The van der Waals surface area contributed by atoms with Gasteiger partial charge in [0.15, 0.2) is 0 Å². The Morgan fingerprint density at radius 2 is 2.05 bits per heavy atom. The minimum absolute atomic E-state index is 0.0975. The number of piperazine rings is 1. The number of nitrogens with zero attached hydrogens (tertiary/aromatic N) is 3. The Morgan fingerprint density at radius 3 is 2.65 bits per heavy atom. The van der Waals surface area contributed by atoms with Gasteiger partial charge in [0.05, 0.1) is 7.11 Å². The third-order valence-electron chi connectivity index (χ3n) is 3.54. The smallest absolute Gasteiger partial charge is 0.322 e. The molecule has 6 nitrogen and oxygen atoms in total. The molecule has 2 heterocycles. The monoisotopic (exact) mass is 278 g/mol. The molecule has 1 aliphatic rings. The maximum absolute atomic E-state index is 12.2. The lowest BCUT2D eigenvalue weighted by atomic mass is 10.2. The van der Waals surface area contributed by atoms with Crippen LogP contribution in [-0.4, -0.2) is 60.1 Å². The van der Waals surface area contributed by atoms with Gasteiger partial charge in [-0.2, -0.15) is 0 Å². The summed E-state index contributed by atoms with van der Waals surface area (Å²) in [5.74, 6) is 0.432. The van der Waals surface area contributed by atoms with Crippen molar-refractivity contribution in [3.63, 3.8) is 0 Å². The van der Waals surface area contributed by atoms with E-state index in [1.165, 1.54) is 0 Å². The number of aromatic nitrogens is 1. The second-order valence-corrected chi connectivity index (χ2v) is 5.11. The summed E-state index contributed by atoms with van der Waals surface area (Å²) in [4.78, 5) is 20.5. The normalized spacial score (nSPS) is 16.3. The van der Waals surface area contributed by atoms with Crippen molar-refractivity contribution in [3.05, 3.63) is 18.3 Å². The van der Waals surface area contributed by atoms with Crippen molar-refractivity contribution in [1.82, 2.24) is 14.8 Å². The van der Waals surface area contributed by atoms with Crippen LogP contribution in [0.3, 0.4) is 0 Å². The van der Waals surface area contributed by atoms with Crippen molar-refractivity contribution in [1.29, 1.82) is 0 Å². The van der Waals surface area contributed by atoms with Crippen LogP contribution >= 0.6 is 0 Å². The third-order valence-corrected chi connectivity index (χ3v) is 3.54. The number of anilines is 1. The molecule has 110 valence electrons. The van der Waals surface area contributed by atoms with E-state index in [1.54, 1.807) is 25.4 Å². The summed E-state index contributed by atoms with van der Waals surface area (Å²) in [6.07, 6.45) is 1.63. The minimum atomic E-state index is -0.0975. The number of hydrogen-bond acceptors (Lipinski definition) is 4. The third kappa shape index (κ3) is 3.39. The molecule has 1 N–H and O–H groups in total. The van der Waals surface area contributed by atoms with Crippen LogP contribution in [0, 0.1) is 0 Å². The van der Waals surface area contributed by atoms with E-state index in [-0.39, 0.29) is 6.03 Å². The average Bonchev–Trinajstić information content (AvgIpc) is 2.48. The lowest BCUT2D eigenvalue weighted by molar-refractivity contribution is 0.125. The lowest BCUT2D eigenvalue weighted by Crippen LogP contribution is -2.51. The molecular weight excluding hydrogens is 256 g/mol. The van der Waals surface area contributed by atoms with E-state index in [2.05, 4.69) is 29.0 Å². The SMILES string of the molecule is COc1ncccc1NC(=O)N1CCN(C(C)C)CC1. The van der Waals surface area contributed by atoms with Gasteiger partial charge < -0.3 is 15.0 Å². The molecule has 0 aromatic carbocycles. The fraction of sp³-hybridized carbons (Fsp3) is 0.571. The Hall–Kier alpha value is -1.82. The van der Waals surface area contributed by atoms with E-state index >= 15 is 0 Å². The first-order chi connectivity index (χ1) is 9.61. The Bertz CT molecular complexity index is 456. The molecule has 1 aromatic heterocycles. The summed E-state index contributed by atoms with van der Waals surface area (Å²) in [5.41, 5.74) is 0.603. The molecule has 0 bridgehead atoms. The quantitative estimate of drug-likeness (QED) is 0.913. The zero-order valence-electron chi connectivity index (χ0n) is 12.3. The summed E-state index contributed by atoms with van der Waals surface area (Å²) >= 11 is 0. The molecule has 0 radical (unpaired) electrons. The maximum atomic E-state index is 12.2. The van der Waals surface area contributed by atoms with Crippen molar-refractivity contribution in [2.75, 3.05) is 38.6 Å². The maximum Gasteiger partial charge on any atom is 0.322 e. The summed E-state index contributed by atoms with van der Waals surface area (Å²) in [6, 6.07) is 3.99. The van der Waals surface area contributed by atoms with E-state index in [9.17, 15) is 4.79 Å². The molecule has 1 fully saturated rings. The zero-order chi connectivity index (χ0) is 14.5. The number of methoxy groups -OCH3 is 1. The number of ether oxygens (including phenoxy) is 1. The highest BCUT2D eigenvalue weighted by Crippen LogP contribution is 2.20. The Balaban J connectivity index is 1.93. The van der Waals surface area contributed by atoms with Crippen LogP contribution in [0.25, 0.3) is 0 Å². The topological polar surface area (TPSA) is 57.7 Å². The molecule has 1 saturated heterocycles. The molecule has 0 spiro atoms. The number of hydrogen-bond donors (Lipinski definition) is 1. The predicted octanol–water partition coefficient (Wildman–Crippen LogP) is 1.65. The highest BCUT2D eigenvalue weighted by Gasteiger charge is 2.23. The Morgan fingerprint density at radius 1 is 1.35 bits per heavy atom. The van der Waals surface area contributed by atoms with E-state index in [0.29, 0.717) is 17.6 Å². The van der Waals surface area contributed by atoms with Crippen LogP contribution < -0.4 is 10.1 Å². The molecule has 0 unspecified atom stereocenters. The van der Waals surface area contributed by atoms with Gasteiger partial charge in [0, 0.05) is 38.4 Å². The fourth-order valence-corrected chi connectivity index (χ4v) is 2.28. The van der Waals surface area contributed by atoms with Gasteiger partial charge in [0.25, 0.3) is 0 Å². The number of carbonyl (C=O) groups is 1. The van der Waals surface area contributed by atoms with Crippen molar-refractivity contribution in [2.45, 2.75) is 19.9 Å². The van der Waals surface area contributed by atoms with Crippen LogP contribution in [0.2, 0.25) is 0 Å². The minimum Gasteiger partial charge on any atom is -0.480 e. The highest BCUT2D eigenvalue weighted by atomic mass is 16.5. The first kappa shape index (κ1) is 14.6. The molecule has 1 aromatic rings. The first-order valence-electron chi connectivity index (χ1n) is 6.91. The number of amides is 2. The van der Waals surface area contributed by atoms with Gasteiger partial charge >= 0.3 is 6.03 Å². The van der Waals surface area contributed by atoms with E-state index < -0.39 is 0 Å². The molecular formula is C14H22N4O2. The van der Waals surface area contributed by atoms with Crippen molar-refractivity contribution >= 4 is 11.7 Å². The zero-order valence-corrected chi connectivity index (χ0v) is 12.3. The van der Waals surface area contributed by atoms with Gasteiger partial charge in [-0.25, -0.2) is 9.78 Å². The molecule has 0 saturated carbocycles. The van der Waals surface area contributed by atoms with Gasteiger partial charge in [0.2, 0.25) is 5.88 Å². The van der Waals surface area contributed by atoms with Crippen LogP contribution in [0.1, 0.15) is 13.8 Å². The van der Waals surface area contributed by atoms with E-state index in [4.69, 9.17) is 4.74 Å². The van der Waals surface area contributed by atoms with Crippen LogP contribution in [0.15, 0.2) is 18.3 Å². The average molecular weight is 278 g/mol. The highest BCUT2D eigenvalue weighted by molar-refractivity contribution is 5.90. The lowest BCUT2D eigenvalue weighted by Gasteiger charge is -2.36. The number of rotatable bonds is 3. The molecule has 2 amide bonds. The van der Waals surface area contributed by atoms with E-state index in [1.807, 2.05) is 4.90 Å². The number of nitrogens with one attached hydrogen (secondary N) is 1. The van der Waals surface area contributed by atoms with Gasteiger partial charge in [-0.05, 0) is 26.0 Å². The molecule has 0 aliphatic carbocycles. The standard InChI is InChI=1S/C14H22N4O2/c1-11(2)17-7-9-18(10-8-17)14(19)16-12-5-4-6-15-13(12)20-3/h4-6,11H,7-10H2,1-3H3,(H,16,19). The number of urea groups is 1. The molecule has 1 aliphatic heterocycles. The second kappa shape index (κ2) is 6.56. The van der Waals surface area contributed by atoms with Crippen molar-refractivity contribution in [3.8, 4) is 5.88 Å². The van der Waals surface area contributed by atoms with Gasteiger partial charge in [-0.1, -0.05) is 0 Å². The van der Waals surface area contributed by atoms with Gasteiger partial charge in [-0.3, -0.25) is 4.90 Å². The summed E-state index contributed by atoms with van der Waals surface area (Å²) in [6.45, 7) is 7.66. The molecule has 0 atom stereocenters. The Labute approximate surface area is 119 Å². The fourth-order valence-electron chi connectivity index (χ4n) is 2.28. The molecule has 6 heteroatoms. The molecule has 20 heavy (non-hydrogen) atoms. The summed E-state index contributed by atoms with van der Waals surface area (Å²) in [7, 11) is 1.54. The predicted molar refractivity (Wildman–Crippen MR) is 78.1 cm³/mol. The van der Waals surface area contributed by atoms with E-state index in [0.717, 1.165) is 26.2 Å². The first-order valence-corrected chi connectivity index (χ1v) is 6.91. The number of pyridine rings is 1. The summed E-state index contributed by atoms with van der Waals surface area (Å²) < 4.78 is 5.13. The largest absolute Gasteiger partial charge is 0.480 e. The van der Waals surface area contributed by atoms with Crippen molar-refractivity contribution < 1.29 is 9.53 Å². The van der Waals surface area contributed by atoms with Crippen molar-refractivity contribution in [2.24, 2.45) is 0 Å². The Kier molecular flexibility index (Phi) is 4.79. The van der Waals surface area contributed by atoms with Gasteiger partial charge in [0.1, 0.15) is 5.69 Å². The van der Waals surface area contributed by atoms with Crippen LogP contribution in [0.4, 0.5) is 10.5 Å². The second-order valence-electron chi connectivity index (χ2n) is 5.11.